The lowest BCUT2D eigenvalue weighted by Crippen LogP contribution is -2.31. The van der Waals surface area contributed by atoms with Crippen molar-refractivity contribution < 1.29 is 14.3 Å². The van der Waals surface area contributed by atoms with Crippen molar-refractivity contribution in [1.82, 2.24) is 20.1 Å². The van der Waals surface area contributed by atoms with Crippen LogP contribution in [0.15, 0.2) is 30.5 Å². The molecule has 1 aliphatic carbocycles. The number of nitrogens with zero attached hydrogens (tertiary/aromatic N) is 3. The fourth-order valence-electron chi connectivity index (χ4n) is 3.59. The van der Waals surface area contributed by atoms with Gasteiger partial charge in [-0.1, -0.05) is 29.3 Å². The van der Waals surface area contributed by atoms with Crippen LogP contribution in [0.3, 0.4) is 0 Å². The van der Waals surface area contributed by atoms with Crippen molar-refractivity contribution in [3.8, 4) is 0 Å². The summed E-state index contributed by atoms with van der Waals surface area (Å²) in [6.07, 6.45) is 3.73. The van der Waals surface area contributed by atoms with Gasteiger partial charge in [-0.05, 0) is 57.4 Å². The highest BCUT2D eigenvalue weighted by Gasteiger charge is 2.29. The molecule has 1 saturated carbocycles. The second-order valence-electron chi connectivity index (χ2n) is 8.32. The number of esters is 1. The largest absolute Gasteiger partial charge is 0.452 e. The molecule has 7 nitrogen and oxygen atoms in total. The summed E-state index contributed by atoms with van der Waals surface area (Å²) in [6.45, 7) is 5.40. The van der Waals surface area contributed by atoms with Crippen molar-refractivity contribution in [3.05, 3.63) is 57.3 Å². The standard InChI is InChI=1S/C23H24Cl2N4O3/c1-12(2)29-22-18(10-26-29)17(9-20(28-22)14-4-5-14)23(31)32-11-21(30)27-13(3)16-7-6-15(24)8-19(16)25/h6-10,12-14H,4-5,11H2,1-3H3,(H,27,30). The Kier molecular flexibility index (Phi) is 6.40. The van der Waals surface area contributed by atoms with Crippen LogP contribution in [0.25, 0.3) is 11.0 Å². The van der Waals surface area contributed by atoms with Crippen LogP contribution in [0, 0.1) is 0 Å². The van der Waals surface area contributed by atoms with E-state index in [9.17, 15) is 9.59 Å². The SMILES string of the molecule is CC(NC(=O)COC(=O)c1cc(C2CC2)nc2c1cnn2C(C)C)c1ccc(Cl)cc1Cl. The Hall–Kier alpha value is -2.64. The number of rotatable bonds is 7. The molecule has 2 aromatic heterocycles. The number of nitrogens with one attached hydrogen (secondary N) is 1. The van der Waals surface area contributed by atoms with Gasteiger partial charge in [-0.15, -0.1) is 0 Å². The molecule has 0 aliphatic heterocycles. The van der Waals surface area contributed by atoms with Gasteiger partial charge in [0.2, 0.25) is 0 Å². The summed E-state index contributed by atoms with van der Waals surface area (Å²) in [6, 6.07) is 6.57. The van der Waals surface area contributed by atoms with Gasteiger partial charge in [0, 0.05) is 27.7 Å². The molecule has 1 fully saturated rings. The van der Waals surface area contributed by atoms with E-state index in [1.54, 1.807) is 42.1 Å². The first-order valence-electron chi connectivity index (χ1n) is 10.5. The molecule has 0 saturated heterocycles. The normalized spacial score (nSPS) is 14.6. The van der Waals surface area contributed by atoms with E-state index in [0.717, 1.165) is 24.1 Å². The average Bonchev–Trinajstić information content (AvgIpc) is 3.49. The van der Waals surface area contributed by atoms with Gasteiger partial charge >= 0.3 is 5.97 Å². The predicted molar refractivity (Wildman–Crippen MR) is 123 cm³/mol. The molecule has 0 spiro atoms. The van der Waals surface area contributed by atoms with E-state index in [-0.39, 0.29) is 12.1 Å². The minimum absolute atomic E-state index is 0.102. The maximum absolute atomic E-state index is 12.9. The molecule has 168 valence electrons. The molecule has 2 heterocycles. The fraction of sp³-hybridized carbons (Fsp3) is 0.391. The molecular formula is C23H24Cl2N4O3. The van der Waals surface area contributed by atoms with Gasteiger partial charge in [-0.3, -0.25) is 4.79 Å². The summed E-state index contributed by atoms with van der Waals surface area (Å²) in [4.78, 5) is 30.0. The molecule has 3 aromatic rings. The van der Waals surface area contributed by atoms with Gasteiger partial charge in [0.05, 0.1) is 23.2 Å². The molecule has 32 heavy (non-hydrogen) atoms. The first-order valence-corrected chi connectivity index (χ1v) is 11.3. The predicted octanol–water partition coefficient (Wildman–Crippen LogP) is 5.23. The number of carbonyl (C=O) groups excluding carboxylic acids is 2. The quantitative estimate of drug-likeness (QED) is 0.473. The molecular weight excluding hydrogens is 451 g/mol. The molecule has 1 atom stereocenters. The van der Waals surface area contributed by atoms with E-state index in [1.807, 2.05) is 13.8 Å². The number of halogens is 2. The van der Waals surface area contributed by atoms with Crippen molar-refractivity contribution >= 4 is 46.1 Å². The van der Waals surface area contributed by atoms with Crippen molar-refractivity contribution in [1.29, 1.82) is 0 Å². The number of ether oxygens (including phenoxy) is 1. The van der Waals surface area contributed by atoms with E-state index in [0.29, 0.717) is 32.6 Å². The smallest absolute Gasteiger partial charge is 0.339 e. The van der Waals surface area contributed by atoms with Crippen LogP contribution in [0.2, 0.25) is 10.0 Å². The van der Waals surface area contributed by atoms with Gasteiger partial charge in [-0.2, -0.15) is 5.10 Å². The number of amides is 1. The number of pyridine rings is 1. The van der Waals surface area contributed by atoms with Crippen molar-refractivity contribution in [2.24, 2.45) is 0 Å². The van der Waals surface area contributed by atoms with Gasteiger partial charge in [0.15, 0.2) is 12.3 Å². The summed E-state index contributed by atoms with van der Waals surface area (Å²) >= 11 is 12.1. The molecule has 1 aliphatic rings. The number of hydrogen-bond donors (Lipinski definition) is 1. The molecule has 1 amide bonds. The van der Waals surface area contributed by atoms with Gasteiger partial charge in [0.25, 0.3) is 5.91 Å². The lowest BCUT2D eigenvalue weighted by molar-refractivity contribution is -0.124. The summed E-state index contributed by atoms with van der Waals surface area (Å²) in [5.41, 5.74) is 2.63. The molecule has 4 rings (SSSR count). The summed E-state index contributed by atoms with van der Waals surface area (Å²) < 4.78 is 7.13. The van der Waals surface area contributed by atoms with Crippen LogP contribution in [0.5, 0.6) is 0 Å². The summed E-state index contributed by atoms with van der Waals surface area (Å²) in [5.74, 6) is -0.646. The van der Waals surface area contributed by atoms with E-state index in [1.165, 1.54) is 0 Å². The Balaban J connectivity index is 1.47. The number of benzene rings is 1. The van der Waals surface area contributed by atoms with Crippen molar-refractivity contribution in [2.45, 2.75) is 51.6 Å². The topological polar surface area (TPSA) is 86.1 Å². The van der Waals surface area contributed by atoms with E-state index in [2.05, 4.69) is 10.4 Å². The van der Waals surface area contributed by atoms with E-state index >= 15 is 0 Å². The maximum Gasteiger partial charge on any atom is 0.339 e. The number of hydrogen-bond acceptors (Lipinski definition) is 5. The monoisotopic (exact) mass is 474 g/mol. The third-order valence-electron chi connectivity index (χ3n) is 5.43. The minimum Gasteiger partial charge on any atom is -0.452 e. The first kappa shape index (κ1) is 22.6. The highest BCUT2D eigenvalue weighted by Crippen LogP contribution is 2.40. The number of aromatic nitrogens is 3. The first-order chi connectivity index (χ1) is 15.2. The Morgan fingerprint density at radius 3 is 2.62 bits per heavy atom. The zero-order chi connectivity index (χ0) is 23.0. The molecule has 1 aromatic carbocycles. The third kappa shape index (κ3) is 4.74. The summed E-state index contributed by atoms with van der Waals surface area (Å²) in [7, 11) is 0. The number of carbonyl (C=O) groups is 2. The molecule has 1 unspecified atom stereocenters. The fourth-order valence-corrected chi connectivity index (χ4v) is 4.17. The second-order valence-corrected chi connectivity index (χ2v) is 9.16. The Bertz CT molecular complexity index is 1190. The van der Waals surface area contributed by atoms with Crippen molar-refractivity contribution in [3.63, 3.8) is 0 Å². The van der Waals surface area contributed by atoms with E-state index < -0.39 is 18.5 Å². The van der Waals surface area contributed by atoms with Crippen LogP contribution in [-0.4, -0.2) is 33.2 Å². The lowest BCUT2D eigenvalue weighted by atomic mass is 10.1. The zero-order valence-electron chi connectivity index (χ0n) is 18.1. The minimum atomic E-state index is -0.574. The second kappa shape index (κ2) is 9.08. The Morgan fingerprint density at radius 2 is 1.97 bits per heavy atom. The van der Waals surface area contributed by atoms with Crippen LogP contribution >= 0.6 is 23.2 Å². The summed E-state index contributed by atoms with van der Waals surface area (Å²) in [5, 5.41) is 8.76. The maximum atomic E-state index is 12.9. The Labute approximate surface area is 196 Å². The highest BCUT2D eigenvalue weighted by molar-refractivity contribution is 6.35. The molecule has 9 heteroatoms. The van der Waals surface area contributed by atoms with Crippen molar-refractivity contribution in [2.75, 3.05) is 6.61 Å². The molecule has 1 N–H and O–H groups in total. The van der Waals surface area contributed by atoms with Crippen LogP contribution < -0.4 is 5.32 Å². The lowest BCUT2D eigenvalue weighted by Gasteiger charge is -2.16. The van der Waals surface area contributed by atoms with E-state index in [4.69, 9.17) is 32.9 Å². The van der Waals surface area contributed by atoms with Gasteiger partial charge < -0.3 is 10.1 Å². The van der Waals surface area contributed by atoms with Gasteiger partial charge in [0.1, 0.15) is 0 Å². The van der Waals surface area contributed by atoms with Crippen LogP contribution in [0.1, 0.15) is 73.2 Å². The van der Waals surface area contributed by atoms with Crippen LogP contribution in [-0.2, 0) is 9.53 Å². The number of fused-ring (bicyclic) bond motifs is 1. The average molecular weight is 475 g/mol. The molecule has 0 bridgehead atoms. The third-order valence-corrected chi connectivity index (χ3v) is 5.99. The zero-order valence-corrected chi connectivity index (χ0v) is 19.6. The highest BCUT2D eigenvalue weighted by atomic mass is 35.5. The van der Waals surface area contributed by atoms with Gasteiger partial charge in [-0.25, -0.2) is 14.5 Å². The van der Waals surface area contributed by atoms with Crippen LogP contribution in [0.4, 0.5) is 0 Å². The molecule has 0 radical (unpaired) electrons. The Morgan fingerprint density at radius 1 is 1.22 bits per heavy atom.